The topological polar surface area (TPSA) is 51.0 Å². The van der Waals surface area contributed by atoms with Gasteiger partial charge in [0.15, 0.2) is 0 Å². The Bertz CT molecular complexity index is 602. The van der Waals surface area contributed by atoms with Gasteiger partial charge in [0.2, 0.25) is 11.7 Å². The predicted octanol–water partition coefficient (Wildman–Crippen LogP) is 4.13. The summed E-state index contributed by atoms with van der Waals surface area (Å²) in [5.74, 6) is 0.707. The summed E-state index contributed by atoms with van der Waals surface area (Å²) in [6.45, 7) is 7.19. The molecule has 1 heterocycles. The highest BCUT2D eigenvalue weighted by Crippen LogP contribution is 2.28. The van der Waals surface area contributed by atoms with E-state index in [1.165, 1.54) is 12.1 Å². The van der Waals surface area contributed by atoms with Crippen LogP contribution in [0.15, 0.2) is 27.2 Å². The van der Waals surface area contributed by atoms with Gasteiger partial charge in [0.1, 0.15) is 5.82 Å². The summed E-state index contributed by atoms with van der Waals surface area (Å²) in [6.07, 6.45) is 1.07. The number of nitrogens with zero attached hydrogens (tertiary/aromatic N) is 2. The van der Waals surface area contributed by atoms with Gasteiger partial charge in [0, 0.05) is 16.1 Å². The van der Waals surface area contributed by atoms with Gasteiger partial charge in [-0.3, -0.25) is 0 Å². The van der Waals surface area contributed by atoms with Gasteiger partial charge in [-0.05, 0) is 38.1 Å². The first-order chi connectivity index (χ1) is 10.0. The molecule has 1 aromatic carbocycles. The zero-order valence-corrected chi connectivity index (χ0v) is 13.9. The zero-order chi connectivity index (χ0) is 15.4. The first-order valence-electron chi connectivity index (χ1n) is 7.05. The summed E-state index contributed by atoms with van der Waals surface area (Å²) in [7, 11) is 0. The zero-order valence-electron chi connectivity index (χ0n) is 12.4. The highest BCUT2D eigenvalue weighted by molar-refractivity contribution is 9.10. The second kappa shape index (κ2) is 7.13. The number of nitrogens with one attached hydrogen (secondary N) is 1. The Morgan fingerprint density at radius 3 is 2.86 bits per heavy atom. The third-order valence-corrected chi connectivity index (χ3v) is 4.16. The maximum atomic E-state index is 13.3. The molecule has 0 aliphatic heterocycles. The van der Waals surface area contributed by atoms with Gasteiger partial charge >= 0.3 is 0 Å². The van der Waals surface area contributed by atoms with Crippen molar-refractivity contribution in [3.63, 3.8) is 0 Å². The van der Waals surface area contributed by atoms with Crippen molar-refractivity contribution in [2.45, 2.75) is 39.2 Å². The molecule has 6 heteroatoms. The average Bonchev–Trinajstić information content (AvgIpc) is 2.96. The Balaban J connectivity index is 2.19. The number of halogens is 2. The number of hydrogen-bond donors (Lipinski definition) is 1. The first kappa shape index (κ1) is 16.1. The summed E-state index contributed by atoms with van der Waals surface area (Å²) in [6, 6.07) is 4.64. The van der Waals surface area contributed by atoms with Crippen LogP contribution in [0.5, 0.6) is 0 Å². The molecule has 0 bridgehead atoms. The SMILES string of the molecule is CCCNC(C)C(C)c1nc(-c2cc(F)ccc2Br)no1. The van der Waals surface area contributed by atoms with Crippen molar-refractivity contribution in [2.75, 3.05) is 6.54 Å². The quantitative estimate of drug-likeness (QED) is 0.846. The van der Waals surface area contributed by atoms with Gasteiger partial charge in [-0.1, -0.05) is 34.9 Å². The minimum atomic E-state index is -0.328. The van der Waals surface area contributed by atoms with E-state index >= 15 is 0 Å². The fraction of sp³-hybridized carbons (Fsp3) is 0.467. The fourth-order valence-corrected chi connectivity index (χ4v) is 2.39. The summed E-state index contributed by atoms with van der Waals surface area (Å²) < 4.78 is 19.4. The van der Waals surface area contributed by atoms with E-state index in [2.05, 4.69) is 45.2 Å². The van der Waals surface area contributed by atoms with Gasteiger partial charge in [0.25, 0.3) is 0 Å². The van der Waals surface area contributed by atoms with Crippen molar-refractivity contribution in [1.82, 2.24) is 15.5 Å². The van der Waals surface area contributed by atoms with Crippen LogP contribution in [-0.2, 0) is 0 Å². The average molecular weight is 356 g/mol. The van der Waals surface area contributed by atoms with E-state index in [0.29, 0.717) is 17.3 Å². The molecule has 0 fully saturated rings. The molecule has 0 saturated heterocycles. The third kappa shape index (κ3) is 3.89. The van der Waals surface area contributed by atoms with Crippen LogP contribution in [0.3, 0.4) is 0 Å². The lowest BCUT2D eigenvalue weighted by molar-refractivity contribution is 0.331. The van der Waals surface area contributed by atoms with Crippen LogP contribution in [0.2, 0.25) is 0 Å². The molecule has 2 unspecified atom stereocenters. The van der Waals surface area contributed by atoms with E-state index in [9.17, 15) is 4.39 Å². The molecule has 1 aromatic heterocycles. The summed E-state index contributed by atoms with van der Waals surface area (Å²) in [4.78, 5) is 4.40. The molecule has 0 saturated carbocycles. The summed E-state index contributed by atoms with van der Waals surface area (Å²) >= 11 is 3.38. The van der Waals surface area contributed by atoms with E-state index in [1.807, 2.05) is 6.92 Å². The molecule has 2 atom stereocenters. The molecule has 0 radical (unpaired) electrons. The van der Waals surface area contributed by atoms with Crippen molar-refractivity contribution in [1.29, 1.82) is 0 Å². The maximum absolute atomic E-state index is 13.3. The van der Waals surface area contributed by atoms with Crippen molar-refractivity contribution in [3.05, 3.63) is 34.4 Å². The molecule has 0 aliphatic carbocycles. The Kier molecular flexibility index (Phi) is 5.47. The number of benzene rings is 1. The lowest BCUT2D eigenvalue weighted by Crippen LogP contribution is -2.31. The van der Waals surface area contributed by atoms with E-state index in [-0.39, 0.29) is 17.8 Å². The lowest BCUT2D eigenvalue weighted by Gasteiger charge is -2.17. The van der Waals surface area contributed by atoms with Gasteiger partial charge in [-0.15, -0.1) is 0 Å². The van der Waals surface area contributed by atoms with Gasteiger partial charge in [-0.25, -0.2) is 4.39 Å². The Morgan fingerprint density at radius 2 is 2.14 bits per heavy atom. The van der Waals surface area contributed by atoms with E-state index in [4.69, 9.17) is 4.52 Å². The van der Waals surface area contributed by atoms with Crippen molar-refractivity contribution in [3.8, 4) is 11.4 Å². The Hall–Kier alpha value is -1.27. The Labute approximate surface area is 132 Å². The van der Waals surface area contributed by atoms with Crippen LogP contribution in [0.4, 0.5) is 4.39 Å². The van der Waals surface area contributed by atoms with Crippen LogP contribution >= 0.6 is 15.9 Å². The largest absolute Gasteiger partial charge is 0.339 e. The normalized spacial score (nSPS) is 14.1. The number of rotatable bonds is 6. The molecule has 21 heavy (non-hydrogen) atoms. The molecule has 0 spiro atoms. The van der Waals surface area contributed by atoms with E-state index in [1.54, 1.807) is 6.07 Å². The van der Waals surface area contributed by atoms with Gasteiger partial charge in [0.05, 0.1) is 5.92 Å². The smallest absolute Gasteiger partial charge is 0.231 e. The van der Waals surface area contributed by atoms with Crippen molar-refractivity contribution >= 4 is 15.9 Å². The van der Waals surface area contributed by atoms with Crippen LogP contribution in [0.1, 0.15) is 39.0 Å². The van der Waals surface area contributed by atoms with Crippen LogP contribution < -0.4 is 5.32 Å². The highest BCUT2D eigenvalue weighted by atomic mass is 79.9. The molecule has 0 aliphatic rings. The molecule has 114 valence electrons. The van der Waals surface area contributed by atoms with Gasteiger partial charge < -0.3 is 9.84 Å². The first-order valence-corrected chi connectivity index (χ1v) is 7.84. The Morgan fingerprint density at radius 1 is 1.38 bits per heavy atom. The molecule has 4 nitrogen and oxygen atoms in total. The lowest BCUT2D eigenvalue weighted by atomic mass is 10.0. The predicted molar refractivity (Wildman–Crippen MR) is 83.6 cm³/mol. The second-order valence-electron chi connectivity index (χ2n) is 5.11. The van der Waals surface area contributed by atoms with Crippen LogP contribution in [0, 0.1) is 5.82 Å². The van der Waals surface area contributed by atoms with Gasteiger partial charge in [-0.2, -0.15) is 4.98 Å². The minimum absolute atomic E-state index is 0.0881. The monoisotopic (exact) mass is 355 g/mol. The number of hydrogen-bond acceptors (Lipinski definition) is 4. The van der Waals surface area contributed by atoms with E-state index in [0.717, 1.165) is 17.4 Å². The standard InChI is InChI=1S/C15H19BrFN3O/c1-4-7-18-10(3)9(2)15-19-14(20-21-15)12-8-11(17)5-6-13(12)16/h5-6,8-10,18H,4,7H2,1-3H3. The summed E-state index contributed by atoms with van der Waals surface area (Å²) in [5, 5.41) is 7.36. The molecular formula is C15H19BrFN3O. The minimum Gasteiger partial charge on any atom is -0.339 e. The second-order valence-corrected chi connectivity index (χ2v) is 5.97. The van der Waals surface area contributed by atoms with Crippen molar-refractivity contribution < 1.29 is 8.91 Å². The van der Waals surface area contributed by atoms with E-state index < -0.39 is 0 Å². The highest BCUT2D eigenvalue weighted by Gasteiger charge is 2.21. The molecular weight excluding hydrogens is 337 g/mol. The van der Waals surface area contributed by atoms with Crippen molar-refractivity contribution in [2.24, 2.45) is 0 Å². The molecule has 1 N–H and O–H groups in total. The summed E-state index contributed by atoms with van der Waals surface area (Å²) in [5.41, 5.74) is 0.589. The number of aromatic nitrogens is 2. The molecule has 0 amide bonds. The third-order valence-electron chi connectivity index (χ3n) is 3.47. The van der Waals surface area contributed by atoms with Crippen LogP contribution in [0.25, 0.3) is 11.4 Å². The molecule has 2 rings (SSSR count). The maximum Gasteiger partial charge on any atom is 0.231 e. The molecule has 2 aromatic rings. The van der Waals surface area contributed by atoms with Crippen LogP contribution in [-0.4, -0.2) is 22.7 Å². The fourth-order valence-electron chi connectivity index (χ4n) is 1.96.